The molecular formula is C56H38F3N3. The highest BCUT2D eigenvalue weighted by Gasteiger charge is 2.36. The van der Waals surface area contributed by atoms with Gasteiger partial charge in [0, 0.05) is 32.7 Å². The molecule has 62 heavy (non-hydrogen) atoms. The van der Waals surface area contributed by atoms with Crippen LogP contribution >= 0.6 is 0 Å². The molecular weight excluding hydrogens is 772 g/mol. The smallest absolute Gasteiger partial charge is 0.307 e. The number of nitrogens with zero attached hydrogens (tertiary/aromatic N) is 3. The normalized spacial score (nSPS) is 12.0. The summed E-state index contributed by atoms with van der Waals surface area (Å²) >= 11 is 0. The SMILES string of the molecule is Cc1ccccc1-c1ccc2c(c1)c1ccccc1n2-c1cc(-c2cccc(-c3ccccc3)n2)c(C(F)(F)F)cc1-n1c2ccccc2c2cc(-c3ccccc3C)ccc21. The molecule has 6 heteroatoms. The number of hydrogen-bond donors (Lipinski definition) is 0. The highest BCUT2D eigenvalue weighted by Crippen LogP contribution is 2.46. The van der Waals surface area contributed by atoms with Gasteiger partial charge in [0.15, 0.2) is 0 Å². The van der Waals surface area contributed by atoms with Crippen molar-refractivity contribution in [3.63, 3.8) is 0 Å². The number of hydrogen-bond acceptors (Lipinski definition) is 1. The van der Waals surface area contributed by atoms with Crippen LogP contribution < -0.4 is 0 Å². The fourth-order valence-corrected chi connectivity index (χ4v) is 9.33. The molecule has 0 fully saturated rings. The van der Waals surface area contributed by atoms with Crippen LogP contribution in [0.5, 0.6) is 0 Å². The quantitative estimate of drug-likeness (QED) is 0.164. The monoisotopic (exact) mass is 809 g/mol. The van der Waals surface area contributed by atoms with Crippen LogP contribution in [0.2, 0.25) is 0 Å². The van der Waals surface area contributed by atoms with Gasteiger partial charge in [-0.3, -0.25) is 0 Å². The third-order valence-corrected chi connectivity index (χ3v) is 12.3. The molecule has 298 valence electrons. The van der Waals surface area contributed by atoms with Crippen molar-refractivity contribution in [2.45, 2.75) is 20.0 Å². The maximum atomic E-state index is 15.9. The van der Waals surface area contributed by atoms with Gasteiger partial charge >= 0.3 is 6.18 Å². The molecule has 0 spiro atoms. The van der Waals surface area contributed by atoms with Crippen LogP contribution in [-0.2, 0) is 6.18 Å². The van der Waals surface area contributed by atoms with E-state index in [1.165, 1.54) is 6.07 Å². The van der Waals surface area contributed by atoms with Gasteiger partial charge in [0.05, 0.1) is 50.4 Å². The lowest BCUT2D eigenvalue weighted by Gasteiger charge is -2.22. The van der Waals surface area contributed by atoms with Crippen molar-refractivity contribution in [3.8, 4) is 56.1 Å². The lowest BCUT2D eigenvalue weighted by molar-refractivity contribution is -0.137. The van der Waals surface area contributed by atoms with E-state index in [0.717, 1.165) is 82.6 Å². The summed E-state index contributed by atoms with van der Waals surface area (Å²) in [5.74, 6) is 0. The number of rotatable bonds is 6. The van der Waals surface area contributed by atoms with E-state index in [9.17, 15) is 0 Å². The van der Waals surface area contributed by atoms with Crippen LogP contribution in [0.15, 0.2) is 194 Å². The number of pyridine rings is 1. The minimum Gasteiger partial charge on any atom is -0.307 e. The van der Waals surface area contributed by atoms with E-state index < -0.39 is 11.7 Å². The second-order valence-electron chi connectivity index (χ2n) is 16.0. The molecule has 3 nitrogen and oxygen atoms in total. The zero-order valence-corrected chi connectivity index (χ0v) is 34.0. The maximum absolute atomic E-state index is 15.9. The molecule has 0 aliphatic rings. The Morgan fingerprint density at radius 2 is 0.839 bits per heavy atom. The van der Waals surface area contributed by atoms with E-state index in [2.05, 4.69) is 91.2 Å². The fourth-order valence-electron chi connectivity index (χ4n) is 9.33. The Bertz CT molecular complexity index is 3540. The zero-order chi connectivity index (χ0) is 42.1. The average Bonchev–Trinajstić information content (AvgIpc) is 3.81. The van der Waals surface area contributed by atoms with Gasteiger partial charge in [-0.25, -0.2) is 4.98 Å². The summed E-state index contributed by atoms with van der Waals surface area (Å²) in [6.45, 7) is 4.20. The summed E-state index contributed by atoms with van der Waals surface area (Å²) in [5, 5.41) is 3.90. The third-order valence-electron chi connectivity index (χ3n) is 12.3. The lowest BCUT2D eigenvalue weighted by atomic mass is 9.98. The van der Waals surface area contributed by atoms with E-state index in [1.807, 2.05) is 102 Å². The molecule has 3 aromatic heterocycles. The lowest BCUT2D eigenvalue weighted by Crippen LogP contribution is -2.12. The minimum absolute atomic E-state index is 0.000834. The summed E-state index contributed by atoms with van der Waals surface area (Å²) in [6.07, 6.45) is -4.72. The number of benzene rings is 8. The second kappa shape index (κ2) is 14.5. The van der Waals surface area contributed by atoms with E-state index in [-0.39, 0.29) is 11.3 Å². The molecule has 0 aliphatic carbocycles. The first-order valence-corrected chi connectivity index (χ1v) is 20.7. The number of fused-ring (bicyclic) bond motifs is 6. The minimum atomic E-state index is -4.72. The van der Waals surface area contributed by atoms with Crippen LogP contribution in [-0.4, -0.2) is 14.1 Å². The predicted octanol–water partition coefficient (Wildman–Crippen LogP) is 15.6. The Kier molecular flexibility index (Phi) is 8.72. The summed E-state index contributed by atoms with van der Waals surface area (Å²) in [6, 6.07) is 63.3. The van der Waals surface area contributed by atoms with Gasteiger partial charge in [-0.05, 0) is 108 Å². The molecule has 0 saturated heterocycles. The number of halogens is 3. The van der Waals surface area contributed by atoms with Crippen LogP contribution in [0.4, 0.5) is 13.2 Å². The topological polar surface area (TPSA) is 22.8 Å². The van der Waals surface area contributed by atoms with Crippen molar-refractivity contribution in [2.24, 2.45) is 0 Å². The molecule has 0 N–H and O–H groups in total. The van der Waals surface area contributed by atoms with Gasteiger partial charge in [-0.15, -0.1) is 0 Å². The van der Waals surface area contributed by atoms with Crippen LogP contribution in [0.25, 0.3) is 99.8 Å². The predicted molar refractivity (Wildman–Crippen MR) is 249 cm³/mol. The van der Waals surface area contributed by atoms with E-state index in [1.54, 1.807) is 18.2 Å². The molecule has 0 atom stereocenters. The van der Waals surface area contributed by atoms with Crippen molar-refractivity contribution in [2.75, 3.05) is 0 Å². The van der Waals surface area contributed by atoms with Crippen LogP contribution in [0.3, 0.4) is 0 Å². The number of para-hydroxylation sites is 2. The Morgan fingerprint density at radius 3 is 1.39 bits per heavy atom. The van der Waals surface area contributed by atoms with E-state index in [4.69, 9.17) is 4.98 Å². The molecule has 0 saturated carbocycles. The molecule has 0 radical (unpaired) electrons. The van der Waals surface area contributed by atoms with Crippen molar-refractivity contribution in [1.29, 1.82) is 0 Å². The number of alkyl halides is 3. The van der Waals surface area contributed by atoms with E-state index in [0.29, 0.717) is 17.1 Å². The summed E-state index contributed by atoms with van der Waals surface area (Å²) in [4.78, 5) is 4.91. The Hall–Kier alpha value is -7.70. The fraction of sp³-hybridized carbons (Fsp3) is 0.0536. The molecule has 0 unspecified atom stereocenters. The molecule has 8 aromatic carbocycles. The van der Waals surface area contributed by atoms with Crippen molar-refractivity contribution in [3.05, 3.63) is 211 Å². The van der Waals surface area contributed by atoms with Gasteiger partial charge in [-0.2, -0.15) is 13.2 Å². The Balaban J connectivity index is 1.26. The van der Waals surface area contributed by atoms with Gasteiger partial charge in [0.2, 0.25) is 0 Å². The first-order valence-electron chi connectivity index (χ1n) is 20.7. The van der Waals surface area contributed by atoms with Crippen molar-refractivity contribution in [1.82, 2.24) is 14.1 Å². The Labute approximate surface area is 356 Å². The molecule has 11 rings (SSSR count). The summed E-state index contributed by atoms with van der Waals surface area (Å²) in [7, 11) is 0. The zero-order valence-electron chi connectivity index (χ0n) is 34.0. The molecule has 11 aromatic rings. The number of aryl methyl sites for hydroxylation is 2. The molecule has 0 bridgehead atoms. The van der Waals surface area contributed by atoms with Gasteiger partial charge in [0.1, 0.15) is 0 Å². The Morgan fingerprint density at radius 1 is 0.371 bits per heavy atom. The average molecular weight is 810 g/mol. The molecule has 0 aliphatic heterocycles. The standard InChI is InChI=1S/C56H38F3N3/c1-35-15-6-8-19-40(35)38-27-29-52-44(31-38)42-21-10-12-25-50(42)61(52)54-33-46(49-24-14-23-48(60-49)37-17-4-3-5-18-37)47(56(57,58)59)34-55(54)62-51-26-13-11-22-43(51)45-32-39(28-30-53(45)62)41-20-9-7-16-36(41)2/h3-34H,1-2H3. The highest BCUT2D eigenvalue weighted by atomic mass is 19.4. The molecule has 0 amide bonds. The van der Waals surface area contributed by atoms with Crippen LogP contribution in [0.1, 0.15) is 16.7 Å². The van der Waals surface area contributed by atoms with E-state index >= 15 is 13.2 Å². The molecule has 3 heterocycles. The van der Waals surface area contributed by atoms with Crippen molar-refractivity contribution < 1.29 is 13.2 Å². The van der Waals surface area contributed by atoms with Gasteiger partial charge in [0.25, 0.3) is 0 Å². The first-order chi connectivity index (χ1) is 30.2. The van der Waals surface area contributed by atoms with Gasteiger partial charge in [-0.1, -0.05) is 133 Å². The second-order valence-corrected chi connectivity index (χ2v) is 16.0. The van der Waals surface area contributed by atoms with Crippen molar-refractivity contribution >= 4 is 43.6 Å². The number of aromatic nitrogens is 3. The summed E-state index contributed by atoms with van der Waals surface area (Å²) < 4.78 is 51.7. The largest absolute Gasteiger partial charge is 0.417 e. The first kappa shape index (κ1) is 37.3. The maximum Gasteiger partial charge on any atom is 0.417 e. The highest BCUT2D eigenvalue weighted by molar-refractivity contribution is 6.13. The van der Waals surface area contributed by atoms with Gasteiger partial charge < -0.3 is 9.13 Å². The van der Waals surface area contributed by atoms with Crippen LogP contribution in [0, 0.1) is 13.8 Å². The third kappa shape index (κ3) is 6.09. The summed E-state index contributed by atoms with van der Waals surface area (Å²) in [5.41, 5.74) is 11.9.